The van der Waals surface area contributed by atoms with E-state index in [0.717, 1.165) is 0 Å². The second-order valence-electron chi connectivity index (χ2n) is 9.79. The number of nitrogens with zero attached hydrogens (tertiary/aromatic N) is 6. The topological polar surface area (TPSA) is 122 Å². The van der Waals surface area contributed by atoms with Crippen LogP contribution in [0.1, 0.15) is 38.1 Å². The molecule has 196 valence electrons. The van der Waals surface area contributed by atoms with E-state index in [0.29, 0.717) is 33.4 Å². The number of halogens is 3. The summed E-state index contributed by atoms with van der Waals surface area (Å²) in [5.74, 6) is -0.248. The third-order valence-electron chi connectivity index (χ3n) is 5.40. The molecule has 0 aliphatic carbocycles. The van der Waals surface area contributed by atoms with Crippen molar-refractivity contribution in [1.29, 1.82) is 0 Å². The van der Waals surface area contributed by atoms with Gasteiger partial charge in [0, 0.05) is 24.7 Å². The van der Waals surface area contributed by atoms with Crippen LogP contribution in [0.15, 0.2) is 43.1 Å². The second-order valence-corrected chi connectivity index (χ2v) is 10.2. The number of carbonyl (C=O) groups excluding carboxylic acids is 1. The fraction of sp³-hybridized carbons (Fsp3) is 0.375. The normalized spacial score (nSPS) is 13.1. The highest BCUT2D eigenvalue weighted by Gasteiger charge is 2.27. The maximum absolute atomic E-state index is 14.2. The van der Waals surface area contributed by atoms with Crippen LogP contribution in [-0.2, 0) is 6.54 Å². The first kappa shape index (κ1) is 26.4. The van der Waals surface area contributed by atoms with Gasteiger partial charge < -0.3 is 15.7 Å². The lowest BCUT2D eigenvalue weighted by molar-refractivity contribution is -0.00177. The Morgan fingerprint density at radius 1 is 1.22 bits per heavy atom. The van der Waals surface area contributed by atoms with Gasteiger partial charge in [0.25, 0.3) is 5.91 Å². The molecule has 3 N–H and O–H groups in total. The molecule has 0 spiro atoms. The van der Waals surface area contributed by atoms with Crippen LogP contribution in [0.2, 0.25) is 5.02 Å². The Kier molecular flexibility index (Phi) is 7.16. The fourth-order valence-corrected chi connectivity index (χ4v) is 3.63. The first-order chi connectivity index (χ1) is 17.3. The number of anilines is 2. The summed E-state index contributed by atoms with van der Waals surface area (Å²) in [6.45, 7) is 5.17. The Balaban J connectivity index is 1.68. The van der Waals surface area contributed by atoms with Gasteiger partial charge in [-0.15, -0.1) is 0 Å². The lowest BCUT2D eigenvalue weighted by Gasteiger charge is -2.22. The number of aliphatic hydroxyl groups is 1. The zero-order chi connectivity index (χ0) is 27.0. The number of fused-ring (bicyclic) bond motifs is 1. The van der Waals surface area contributed by atoms with Crippen molar-refractivity contribution in [2.45, 2.75) is 51.7 Å². The predicted octanol–water partition coefficient (Wildman–Crippen LogP) is 3.97. The number of aromatic nitrogens is 6. The first-order valence-corrected chi connectivity index (χ1v) is 11.8. The molecule has 0 aromatic carbocycles. The molecule has 0 saturated heterocycles. The number of hydrogen-bond acceptors (Lipinski definition) is 7. The number of amides is 1. The van der Waals surface area contributed by atoms with Crippen molar-refractivity contribution in [3.63, 3.8) is 0 Å². The Morgan fingerprint density at radius 3 is 2.68 bits per heavy atom. The minimum absolute atomic E-state index is 0.0368. The van der Waals surface area contributed by atoms with Crippen molar-refractivity contribution in [2.75, 3.05) is 11.9 Å². The Morgan fingerprint density at radius 2 is 1.97 bits per heavy atom. The molecular weight excluding hydrogens is 506 g/mol. The summed E-state index contributed by atoms with van der Waals surface area (Å²) in [6.07, 6.45) is 5.92. The molecule has 4 rings (SSSR count). The summed E-state index contributed by atoms with van der Waals surface area (Å²) in [5, 5.41) is 24.4. The van der Waals surface area contributed by atoms with Gasteiger partial charge in [-0.3, -0.25) is 14.5 Å². The predicted molar refractivity (Wildman–Crippen MR) is 135 cm³/mol. The van der Waals surface area contributed by atoms with E-state index in [1.54, 1.807) is 30.7 Å². The highest BCUT2D eigenvalue weighted by molar-refractivity contribution is 6.30. The van der Waals surface area contributed by atoms with E-state index in [9.17, 15) is 18.7 Å². The Bertz CT molecular complexity index is 1420. The molecule has 10 nitrogen and oxygen atoms in total. The standard InChI is InChI=1S/C24H27ClF2N8O2/c1-23(2,27)13-34-6-5-20(33-34)32-18-7-17(15-10-31-35-12-14(25)8-29-21(15)35)28-9-16(18)22(36)30-11-19(26)24(3,4)37/h5-10,12,19,37H,11,13H2,1-4H3,(H,30,36)(H,28,32,33)/t19-/m1/s1. The molecule has 4 heterocycles. The Hall–Kier alpha value is -3.64. The quantitative estimate of drug-likeness (QED) is 0.298. The van der Waals surface area contributed by atoms with Crippen molar-refractivity contribution in [2.24, 2.45) is 0 Å². The molecule has 4 aromatic heterocycles. The van der Waals surface area contributed by atoms with Gasteiger partial charge in [0.1, 0.15) is 11.8 Å². The van der Waals surface area contributed by atoms with Gasteiger partial charge in [-0.25, -0.2) is 18.3 Å². The smallest absolute Gasteiger partial charge is 0.255 e. The highest BCUT2D eigenvalue weighted by Crippen LogP contribution is 2.28. The molecule has 1 atom stereocenters. The number of alkyl halides is 2. The monoisotopic (exact) mass is 532 g/mol. The van der Waals surface area contributed by atoms with E-state index in [-0.39, 0.29) is 12.1 Å². The molecule has 0 saturated carbocycles. The molecule has 13 heteroatoms. The number of carbonyl (C=O) groups is 1. The number of pyridine rings is 1. The minimum atomic E-state index is -1.68. The average Bonchev–Trinajstić information content (AvgIpc) is 3.41. The molecule has 4 aromatic rings. The van der Waals surface area contributed by atoms with Crippen LogP contribution in [0.5, 0.6) is 0 Å². The number of nitrogens with one attached hydrogen (secondary N) is 2. The lowest BCUT2D eigenvalue weighted by Crippen LogP contribution is -2.42. The first-order valence-electron chi connectivity index (χ1n) is 11.4. The van der Waals surface area contributed by atoms with Crippen LogP contribution in [0.25, 0.3) is 16.9 Å². The van der Waals surface area contributed by atoms with E-state index in [1.807, 2.05) is 0 Å². The molecule has 37 heavy (non-hydrogen) atoms. The molecular formula is C24H27ClF2N8O2. The molecule has 0 aliphatic heterocycles. The van der Waals surface area contributed by atoms with Crippen molar-refractivity contribution in [3.05, 3.63) is 53.7 Å². The fourth-order valence-electron chi connectivity index (χ4n) is 3.49. The highest BCUT2D eigenvalue weighted by atomic mass is 35.5. The zero-order valence-corrected chi connectivity index (χ0v) is 21.5. The summed E-state index contributed by atoms with van der Waals surface area (Å²) in [4.78, 5) is 21.7. The van der Waals surface area contributed by atoms with Crippen LogP contribution in [0.3, 0.4) is 0 Å². The van der Waals surface area contributed by atoms with Crippen LogP contribution < -0.4 is 10.6 Å². The molecule has 0 unspecified atom stereocenters. The molecule has 1 amide bonds. The maximum atomic E-state index is 14.2. The summed E-state index contributed by atoms with van der Waals surface area (Å²) in [7, 11) is 0. The maximum Gasteiger partial charge on any atom is 0.255 e. The minimum Gasteiger partial charge on any atom is -0.387 e. The van der Waals surface area contributed by atoms with Gasteiger partial charge in [-0.2, -0.15) is 10.2 Å². The average molecular weight is 533 g/mol. The third-order valence-corrected chi connectivity index (χ3v) is 5.59. The second kappa shape index (κ2) is 10.0. The van der Waals surface area contributed by atoms with E-state index < -0.39 is 29.9 Å². The number of rotatable bonds is 9. The summed E-state index contributed by atoms with van der Waals surface area (Å²) in [5.41, 5.74) is -1.12. The summed E-state index contributed by atoms with van der Waals surface area (Å²) < 4.78 is 31.2. The lowest BCUT2D eigenvalue weighted by atomic mass is 10.0. The van der Waals surface area contributed by atoms with Crippen molar-refractivity contribution < 1.29 is 18.7 Å². The van der Waals surface area contributed by atoms with Gasteiger partial charge in [0.2, 0.25) is 0 Å². The van der Waals surface area contributed by atoms with Crippen molar-refractivity contribution in [3.8, 4) is 11.3 Å². The van der Waals surface area contributed by atoms with Gasteiger partial charge in [-0.1, -0.05) is 11.6 Å². The molecule has 0 fully saturated rings. The summed E-state index contributed by atoms with van der Waals surface area (Å²) >= 11 is 6.00. The van der Waals surface area contributed by atoms with Crippen molar-refractivity contribution in [1.82, 2.24) is 34.7 Å². The van der Waals surface area contributed by atoms with Gasteiger partial charge in [-0.05, 0) is 33.8 Å². The van der Waals surface area contributed by atoms with Gasteiger partial charge in [0.15, 0.2) is 11.5 Å². The third kappa shape index (κ3) is 6.38. The van der Waals surface area contributed by atoms with E-state index in [1.165, 1.54) is 49.3 Å². The number of hydrogen-bond donors (Lipinski definition) is 3. The van der Waals surface area contributed by atoms with Gasteiger partial charge in [0.05, 0.1) is 58.6 Å². The molecule has 0 aliphatic rings. The largest absolute Gasteiger partial charge is 0.387 e. The van der Waals surface area contributed by atoms with Gasteiger partial charge >= 0.3 is 0 Å². The van der Waals surface area contributed by atoms with Crippen LogP contribution >= 0.6 is 11.6 Å². The summed E-state index contributed by atoms with van der Waals surface area (Å²) in [6, 6.07) is 3.25. The Labute approximate surface area is 216 Å². The van der Waals surface area contributed by atoms with E-state index in [2.05, 4.69) is 30.8 Å². The van der Waals surface area contributed by atoms with Crippen LogP contribution in [0.4, 0.5) is 20.3 Å². The van der Waals surface area contributed by atoms with Crippen LogP contribution in [-0.4, -0.2) is 64.4 Å². The SMILES string of the molecule is CC(C)(F)Cn1ccc(Nc2cc(-c3cnn4cc(Cl)cnc34)ncc2C(=O)NC[C@@H](F)C(C)(C)O)n1. The van der Waals surface area contributed by atoms with Crippen molar-refractivity contribution >= 4 is 34.7 Å². The molecule has 0 bridgehead atoms. The zero-order valence-electron chi connectivity index (χ0n) is 20.7. The van der Waals surface area contributed by atoms with E-state index >= 15 is 0 Å². The van der Waals surface area contributed by atoms with Crippen LogP contribution in [0, 0.1) is 0 Å². The molecule has 0 radical (unpaired) electrons. The van der Waals surface area contributed by atoms with E-state index in [4.69, 9.17) is 11.6 Å².